The van der Waals surface area contributed by atoms with Gasteiger partial charge in [-0.15, -0.1) is 0 Å². The van der Waals surface area contributed by atoms with Crippen LogP contribution in [-0.2, 0) is 34.3 Å². The Hall–Kier alpha value is 0.273. The number of hydrogen-bond donors (Lipinski definition) is 0. The van der Waals surface area contributed by atoms with Crippen molar-refractivity contribution in [2.45, 2.75) is 0 Å². The van der Waals surface area contributed by atoms with Crippen LogP contribution < -0.4 is 0 Å². The molecule has 0 aliphatic rings. The van der Waals surface area contributed by atoms with E-state index in [4.69, 9.17) is 52.4 Å². The summed E-state index contributed by atoms with van der Waals surface area (Å²) >= 11 is 18.8. The smallest absolute Gasteiger partial charge is 0.281 e. The molecule has 9 heteroatoms. The molecule has 0 rings (SSSR count). The van der Waals surface area contributed by atoms with Gasteiger partial charge in [-0.1, -0.05) is 0 Å². The molecular formula is C4Cl3CoO4Si. The molecule has 0 bridgehead atoms. The van der Waals surface area contributed by atoms with Gasteiger partial charge in [0.2, 0.25) is 0 Å². The Morgan fingerprint density at radius 2 is 0.692 bits per heavy atom. The number of hydrogen-bond acceptors (Lipinski definition) is 4. The normalized spacial score (nSPS) is 5.92. The molecule has 0 atom stereocenters. The SMILES string of the molecule is Cl[Si](Cl)(Cl)[Co].[C]=O.[C]=O.[C]=O.[C]=O. The minimum atomic E-state index is -2.51. The van der Waals surface area contributed by atoms with Crippen molar-refractivity contribution < 1.29 is 34.3 Å². The van der Waals surface area contributed by atoms with Gasteiger partial charge in [0, 0.05) is 0 Å². The Kier molecular flexibility index (Phi) is 89.1. The van der Waals surface area contributed by atoms with E-state index in [0.29, 0.717) is 0 Å². The van der Waals surface area contributed by atoms with Gasteiger partial charge >= 0.3 is 53.0 Å². The van der Waals surface area contributed by atoms with Crippen molar-refractivity contribution in [3.63, 3.8) is 0 Å². The van der Waals surface area contributed by atoms with Crippen LogP contribution in [0.25, 0.3) is 0 Å². The second kappa shape index (κ2) is 39.6. The van der Waals surface area contributed by atoms with Gasteiger partial charge in [0.05, 0.1) is 0 Å². The van der Waals surface area contributed by atoms with E-state index in [2.05, 4.69) is 42.3 Å². The molecule has 0 unspecified atom stereocenters. The van der Waals surface area contributed by atoms with Crippen molar-refractivity contribution in [3.8, 4) is 0 Å². The zero-order chi connectivity index (χ0) is 12.5. The predicted molar refractivity (Wildman–Crippen MR) is 46.1 cm³/mol. The molecule has 0 aliphatic carbocycles. The summed E-state index contributed by atoms with van der Waals surface area (Å²) in [7, 11) is 0. The minimum Gasteiger partial charge on any atom is -0.281 e. The van der Waals surface area contributed by atoms with E-state index in [1.165, 1.54) is 0 Å². The second-order valence-corrected chi connectivity index (χ2v) is 12.8. The van der Waals surface area contributed by atoms with Gasteiger partial charge in [-0.3, -0.25) is 19.2 Å². The Bertz CT molecular complexity index is 70.3. The number of carbonyl (C=O) groups excluding carboxylic acids is 4. The van der Waals surface area contributed by atoms with E-state index in [1.807, 2.05) is 0 Å². The van der Waals surface area contributed by atoms with Crippen LogP contribution in [0.4, 0.5) is 0 Å². The molecule has 0 fully saturated rings. The van der Waals surface area contributed by atoms with Crippen LogP contribution in [-0.4, -0.2) is 31.8 Å². The number of halogens is 3. The summed E-state index contributed by atoms with van der Waals surface area (Å²) in [6.07, 6.45) is 0. The largest absolute Gasteiger partial charge is 0.281 e. The van der Waals surface area contributed by atoms with Gasteiger partial charge in [-0.05, 0) is 0 Å². The third kappa shape index (κ3) is 17300. The zero-order valence-electron chi connectivity index (χ0n) is 5.60. The molecule has 0 heterocycles. The zero-order valence-corrected chi connectivity index (χ0v) is 9.91. The maximum atomic E-state index is 7.50. The molecule has 0 aromatic heterocycles. The first kappa shape index (κ1) is 29.2. The Balaban J connectivity index is -0.0000000230. The van der Waals surface area contributed by atoms with E-state index < -0.39 is 4.65 Å². The predicted octanol–water partition coefficient (Wildman–Crippen LogP) is 0.0968. The average molecular weight is 305 g/mol. The molecule has 0 aromatic rings. The van der Waals surface area contributed by atoms with Crippen LogP contribution in [0.15, 0.2) is 0 Å². The maximum Gasteiger partial charge on any atom is 0.281 e. The molecule has 0 aromatic carbocycles. The molecule has 74 valence electrons. The topological polar surface area (TPSA) is 68.3 Å². The summed E-state index contributed by atoms with van der Waals surface area (Å²) in [4.78, 5) is 30.0. The maximum absolute atomic E-state index is 7.50. The van der Waals surface area contributed by atoms with Crippen molar-refractivity contribution in [2.75, 3.05) is 0 Å². The fourth-order valence-electron chi connectivity index (χ4n) is 0. The summed E-state index contributed by atoms with van der Waals surface area (Å²) in [5.74, 6) is 0. The number of rotatable bonds is 0. The van der Waals surface area contributed by atoms with E-state index >= 15 is 0 Å². The second-order valence-electron chi connectivity index (χ2n) is 0.403. The van der Waals surface area contributed by atoms with Gasteiger partial charge < -0.3 is 0 Å². The van der Waals surface area contributed by atoms with Crippen molar-refractivity contribution in [1.29, 1.82) is 0 Å². The van der Waals surface area contributed by atoms with Crippen LogP contribution in [0, 0.1) is 0 Å². The third-order valence-electron chi connectivity index (χ3n) is 0. The quantitative estimate of drug-likeness (QED) is 0.470. The van der Waals surface area contributed by atoms with Crippen molar-refractivity contribution in [2.24, 2.45) is 0 Å². The summed E-state index contributed by atoms with van der Waals surface area (Å²) in [5.41, 5.74) is 0. The summed E-state index contributed by atoms with van der Waals surface area (Å²) in [6.45, 7) is 18.0. The molecule has 0 spiro atoms. The minimum absolute atomic E-state index is 2.51. The monoisotopic (exact) mass is 304 g/mol. The molecule has 0 saturated carbocycles. The van der Waals surface area contributed by atoms with Crippen LogP contribution in [0.1, 0.15) is 0 Å². The van der Waals surface area contributed by atoms with Crippen molar-refractivity contribution in [3.05, 3.63) is 0 Å². The fraction of sp³-hybridized carbons (Fsp3) is 0. The van der Waals surface area contributed by atoms with Crippen LogP contribution >= 0.6 is 33.2 Å². The van der Waals surface area contributed by atoms with E-state index in [0.717, 1.165) is 0 Å². The molecule has 0 N–H and O–H groups in total. The molecule has 13 heavy (non-hydrogen) atoms. The first-order valence-corrected chi connectivity index (χ1v) is 7.98. The van der Waals surface area contributed by atoms with Crippen LogP contribution in [0.2, 0.25) is 0 Å². The molecule has 0 saturated heterocycles. The fourth-order valence-corrected chi connectivity index (χ4v) is 0. The van der Waals surface area contributed by atoms with Crippen LogP contribution in [0.5, 0.6) is 0 Å². The van der Waals surface area contributed by atoms with Gasteiger partial charge in [0.15, 0.2) is 0 Å². The third-order valence-corrected chi connectivity index (χ3v) is 0. The van der Waals surface area contributed by atoms with Gasteiger partial charge in [-0.25, -0.2) is 0 Å². The summed E-state index contributed by atoms with van der Waals surface area (Å²) in [6, 6.07) is 0. The van der Waals surface area contributed by atoms with E-state index in [-0.39, 0.29) is 0 Å². The van der Waals surface area contributed by atoms with Gasteiger partial charge in [0.1, 0.15) is 0 Å². The Morgan fingerprint density at radius 1 is 0.692 bits per heavy atom. The average Bonchev–Trinajstić information content (AvgIpc) is 2.14. The molecule has 0 aliphatic heterocycles. The first-order chi connectivity index (χ1) is 6.00. The van der Waals surface area contributed by atoms with Gasteiger partial charge in [-0.2, -0.15) is 0 Å². The summed E-state index contributed by atoms with van der Waals surface area (Å²) < 4.78 is -2.51. The standard InChI is InChI=1S/4CO.Cl3Si.Co/c4*1-2;1-4(2)3;. The van der Waals surface area contributed by atoms with Crippen LogP contribution in [0.3, 0.4) is 0 Å². The first-order valence-electron chi connectivity index (χ1n) is 1.55. The summed E-state index contributed by atoms with van der Waals surface area (Å²) in [5, 5.41) is 0. The van der Waals surface area contributed by atoms with Crippen molar-refractivity contribution in [1.82, 2.24) is 0 Å². The Labute approximate surface area is 99.1 Å². The Morgan fingerprint density at radius 3 is 0.692 bits per heavy atom. The molecule has 0 amide bonds. The van der Waals surface area contributed by atoms with Gasteiger partial charge in [0.25, 0.3) is 27.2 Å². The van der Waals surface area contributed by atoms with Crippen molar-refractivity contribution >= 4 is 65.0 Å². The molecule has 8 radical (unpaired) electrons. The van der Waals surface area contributed by atoms with E-state index in [1.54, 1.807) is 0 Å². The molecular weight excluding hydrogens is 305 g/mol. The van der Waals surface area contributed by atoms with E-state index in [9.17, 15) is 0 Å². The molecule has 4 nitrogen and oxygen atoms in total.